The smallest absolute Gasteiger partial charge is 0.361 e. The van der Waals surface area contributed by atoms with E-state index in [0.717, 1.165) is 34.5 Å². The minimum atomic E-state index is -4.60. The largest absolute Gasteiger partial charge is 0.417 e. The summed E-state index contributed by atoms with van der Waals surface area (Å²) in [5.41, 5.74) is 2.87. The highest BCUT2D eigenvalue weighted by atomic mass is 35.5. The molecule has 2 N–H and O–H groups in total. The van der Waals surface area contributed by atoms with Gasteiger partial charge in [0.05, 0.1) is 10.6 Å². The molecular weight excluding hydrogens is 449 g/mol. The number of carbonyl (C=O) groups excluding carboxylic acids is 1. The second-order valence-corrected chi connectivity index (χ2v) is 8.25. The van der Waals surface area contributed by atoms with Gasteiger partial charge in [-0.3, -0.25) is 4.79 Å². The van der Waals surface area contributed by atoms with Crippen molar-refractivity contribution >= 4 is 34.1 Å². The number of alkyl halides is 3. The van der Waals surface area contributed by atoms with E-state index < -0.39 is 17.7 Å². The van der Waals surface area contributed by atoms with Crippen molar-refractivity contribution in [2.24, 2.45) is 0 Å². The molecule has 3 aromatic carbocycles. The summed E-state index contributed by atoms with van der Waals surface area (Å²) in [6.45, 7) is 2.04. The lowest BCUT2D eigenvalue weighted by Gasteiger charge is -2.19. The molecule has 4 rings (SSSR count). The summed E-state index contributed by atoms with van der Waals surface area (Å²) in [6.07, 6.45) is -2.04. The van der Waals surface area contributed by atoms with Crippen LogP contribution >= 0.6 is 11.6 Å². The van der Waals surface area contributed by atoms with Crippen molar-refractivity contribution in [1.82, 2.24) is 4.98 Å². The van der Waals surface area contributed by atoms with Gasteiger partial charge in [0.2, 0.25) is 5.91 Å². The molecule has 0 saturated carbocycles. The highest BCUT2D eigenvalue weighted by molar-refractivity contribution is 6.31. The summed E-state index contributed by atoms with van der Waals surface area (Å²) in [4.78, 5) is 16.2. The van der Waals surface area contributed by atoms with Crippen LogP contribution in [0.5, 0.6) is 0 Å². The van der Waals surface area contributed by atoms with E-state index in [-0.39, 0.29) is 17.4 Å². The second kappa shape index (κ2) is 9.32. The molecule has 0 spiro atoms. The number of H-pyrrole nitrogens is 1. The number of benzene rings is 3. The molecule has 1 aromatic heterocycles. The molecule has 7 heteroatoms. The Morgan fingerprint density at radius 3 is 2.52 bits per heavy atom. The number of anilines is 1. The van der Waals surface area contributed by atoms with E-state index in [1.54, 1.807) is 36.5 Å². The summed E-state index contributed by atoms with van der Waals surface area (Å²) in [5.74, 6) is -0.899. The molecular formula is C26H22ClF3N2O. The molecule has 0 aliphatic rings. The predicted molar refractivity (Wildman–Crippen MR) is 126 cm³/mol. The van der Waals surface area contributed by atoms with E-state index in [2.05, 4.69) is 10.3 Å². The molecule has 0 radical (unpaired) electrons. The fourth-order valence-corrected chi connectivity index (χ4v) is 4.35. The monoisotopic (exact) mass is 470 g/mol. The van der Waals surface area contributed by atoms with Crippen LogP contribution in [0.4, 0.5) is 18.9 Å². The molecule has 4 aromatic rings. The van der Waals surface area contributed by atoms with Gasteiger partial charge in [-0.2, -0.15) is 13.2 Å². The Morgan fingerprint density at radius 2 is 1.82 bits per heavy atom. The third kappa shape index (κ3) is 4.91. The number of aromatic amines is 1. The maximum absolute atomic E-state index is 13.6. The number of amides is 1. The van der Waals surface area contributed by atoms with Crippen LogP contribution < -0.4 is 5.32 Å². The fraction of sp³-hybridized carbons (Fsp3) is 0.192. The molecule has 0 aliphatic heterocycles. The van der Waals surface area contributed by atoms with E-state index in [1.165, 1.54) is 6.07 Å². The van der Waals surface area contributed by atoms with Crippen molar-refractivity contribution < 1.29 is 18.0 Å². The minimum Gasteiger partial charge on any atom is -0.361 e. The summed E-state index contributed by atoms with van der Waals surface area (Å²) >= 11 is 5.85. The first-order valence-electron chi connectivity index (χ1n) is 10.6. The number of rotatable bonds is 6. The molecule has 0 fully saturated rings. The van der Waals surface area contributed by atoms with E-state index >= 15 is 0 Å². The number of nitrogens with one attached hydrogen (secondary N) is 2. The average Bonchev–Trinajstić information content (AvgIpc) is 3.22. The predicted octanol–water partition coefficient (Wildman–Crippen LogP) is 7.56. The van der Waals surface area contributed by atoms with Crippen LogP contribution in [0.25, 0.3) is 10.9 Å². The van der Waals surface area contributed by atoms with Crippen molar-refractivity contribution in [2.75, 3.05) is 5.32 Å². The Labute approximate surface area is 194 Å². The number of carbonyl (C=O) groups is 1. The van der Waals surface area contributed by atoms with Crippen molar-refractivity contribution in [1.29, 1.82) is 0 Å². The average molecular weight is 471 g/mol. The Bertz CT molecular complexity index is 1280. The van der Waals surface area contributed by atoms with Crippen molar-refractivity contribution in [3.63, 3.8) is 0 Å². The lowest BCUT2D eigenvalue weighted by molar-refractivity contribution is -0.137. The molecule has 1 amide bonds. The van der Waals surface area contributed by atoms with Gasteiger partial charge in [-0.15, -0.1) is 0 Å². The van der Waals surface area contributed by atoms with Crippen LogP contribution in [0.2, 0.25) is 5.02 Å². The SMILES string of the molecule is CCc1cccc2c([C@@H](CC(=O)Nc3ccccc3)c3ccc(Cl)c(C(F)(F)F)c3)c[nH]c12. The lowest BCUT2D eigenvalue weighted by Crippen LogP contribution is -2.17. The highest BCUT2D eigenvalue weighted by Gasteiger charge is 2.34. The molecule has 0 bridgehead atoms. The molecule has 1 atom stereocenters. The van der Waals surface area contributed by atoms with Gasteiger partial charge in [0.25, 0.3) is 0 Å². The molecule has 0 saturated heterocycles. The standard InChI is InChI=1S/C26H22ClF3N2O/c1-2-16-7-6-10-19-21(15-31-25(16)19)20(14-24(33)32-18-8-4-3-5-9-18)17-11-12-23(27)22(13-17)26(28,29)30/h3-13,15,20,31H,2,14H2,1H3,(H,32,33)/t20-/m0/s1. The highest BCUT2D eigenvalue weighted by Crippen LogP contribution is 2.40. The van der Waals surface area contributed by atoms with Crippen LogP contribution in [-0.4, -0.2) is 10.9 Å². The van der Waals surface area contributed by atoms with E-state index in [0.29, 0.717) is 11.3 Å². The maximum Gasteiger partial charge on any atom is 0.417 e. The Kier molecular flexibility index (Phi) is 6.47. The second-order valence-electron chi connectivity index (χ2n) is 7.85. The van der Waals surface area contributed by atoms with Crippen LogP contribution in [0.15, 0.2) is 72.9 Å². The van der Waals surface area contributed by atoms with Crippen molar-refractivity contribution in [2.45, 2.75) is 31.9 Å². The summed E-state index contributed by atoms with van der Waals surface area (Å²) < 4.78 is 40.7. The zero-order valence-electron chi connectivity index (χ0n) is 17.8. The van der Waals surface area contributed by atoms with Gasteiger partial charge >= 0.3 is 6.18 Å². The molecule has 1 heterocycles. The summed E-state index contributed by atoms with van der Waals surface area (Å²) in [7, 11) is 0. The van der Waals surface area contributed by atoms with Gasteiger partial charge in [0.15, 0.2) is 0 Å². The fourth-order valence-electron chi connectivity index (χ4n) is 4.12. The molecule has 3 nitrogen and oxygen atoms in total. The first kappa shape index (κ1) is 22.9. The van der Waals surface area contributed by atoms with Gasteiger partial charge in [-0.05, 0) is 47.4 Å². The van der Waals surface area contributed by atoms with Crippen LogP contribution in [-0.2, 0) is 17.4 Å². The van der Waals surface area contributed by atoms with E-state index in [9.17, 15) is 18.0 Å². The van der Waals surface area contributed by atoms with Crippen LogP contribution in [0, 0.1) is 0 Å². The summed E-state index contributed by atoms with van der Waals surface area (Å²) in [6, 6.07) is 18.6. The zero-order chi connectivity index (χ0) is 23.6. The Hall–Kier alpha value is -3.25. The van der Waals surface area contributed by atoms with Crippen molar-refractivity contribution in [3.05, 3.63) is 100 Å². The molecule has 170 valence electrons. The topological polar surface area (TPSA) is 44.9 Å². The number of halogens is 4. The van der Waals surface area contributed by atoms with Crippen LogP contribution in [0.3, 0.4) is 0 Å². The van der Waals surface area contributed by atoms with Gasteiger partial charge < -0.3 is 10.3 Å². The quantitative estimate of drug-likeness (QED) is 0.300. The lowest BCUT2D eigenvalue weighted by atomic mass is 9.86. The number of para-hydroxylation sites is 2. The molecule has 0 aliphatic carbocycles. The number of hydrogen-bond acceptors (Lipinski definition) is 1. The summed E-state index contributed by atoms with van der Waals surface area (Å²) in [5, 5.41) is 3.35. The number of aryl methyl sites for hydroxylation is 1. The van der Waals surface area contributed by atoms with Gasteiger partial charge in [0.1, 0.15) is 0 Å². The van der Waals surface area contributed by atoms with Gasteiger partial charge in [0, 0.05) is 35.1 Å². The number of hydrogen-bond donors (Lipinski definition) is 2. The first-order valence-corrected chi connectivity index (χ1v) is 11.0. The van der Waals surface area contributed by atoms with Crippen LogP contribution in [0.1, 0.15) is 41.5 Å². The number of fused-ring (bicyclic) bond motifs is 1. The third-order valence-electron chi connectivity index (χ3n) is 5.74. The Morgan fingerprint density at radius 1 is 1.06 bits per heavy atom. The first-order chi connectivity index (χ1) is 15.8. The normalized spacial score (nSPS) is 12.6. The van der Waals surface area contributed by atoms with Crippen molar-refractivity contribution in [3.8, 4) is 0 Å². The van der Waals surface area contributed by atoms with E-state index in [4.69, 9.17) is 11.6 Å². The van der Waals surface area contributed by atoms with Gasteiger partial charge in [-0.25, -0.2) is 0 Å². The molecule has 33 heavy (non-hydrogen) atoms. The number of aromatic nitrogens is 1. The van der Waals surface area contributed by atoms with Gasteiger partial charge in [-0.1, -0.05) is 61.0 Å². The van der Waals surface area contributed by atoms with E-state index in [1.807, 2.05) is 31.2 Å². The molecule has 0 unspecified atom stereocenters. The minimum absolute atomic E-state index is 0.0306. The zero-order valence-corrected chi connectivity index (χ0v) is 18.6. The third-order valence-corrected chi connectivity index (χ3v) is 6.06. The Balaban J connectivity index is 1.79. The maximum atomic E-state index is 13.6.